The lowest BCUT2D eigenvalue weighted by molar-refractivity contribution is -0.154. The average molecular weight is 195 g/mol. The van der Waals surface area contributed by atoms with Crippen molar-refractivity contribution in [3.8, 4) is 0 Å². The third kappa shape index (κ3) is 0.786. The summed E-state index contributed by atoms with van der Waals surface area (Å²) in [5.74, 6) is -0.553. The number of ether oxygens (including phenoxy) is 1. The van der Waals surface area contributed by atoms with E-state index in [0.29, 0.717) is 6.54 Å². The third-order valence-corrected chi connectivity index (χ3v) is 3.79. The van der Waals surface area contributed by atoms with E-state index in [-0.39, 0.29) is 18.1 Å². The van der Waals surface area contributed by atoms with E-state index in [1.54, 1.807) is 0 Å². The molecular formula is C10H13NO3. The summed E-state index contributed by atoms with van der Waals surface area (Å²) in [5.41, 5.74) is -0.697. The molecule has 4 heteroatoms. The predicted octanol–water partition coefficient (Wildman–Crippen LogP) is 0.00410. The molecule has 0 aromatic rings. The Morgan fingerprint density at radius 3 is 3.14 bits per heavy atom. The highest BCUT2D eigenvalue weighted by molar-refractivity contribution is 5.78. The molecule has 4 atom stereocenters. The fourth-order valence-corrected chi connectivity index (χ4v) is 3.06. The first-order chi connectivity index (χ1) is 6.75. The summed E-state index contributed by atoms with van der Waals surface area (Å²) in [6.45, 7) is 1.44. The number of hydrogen-bond acceptors (Lipinski definition) is 3. The average Bonchev–Trinajstić information content (AvgIpc) is 2.77. The summed E-state index contributed by atoms with van der Waals surface area (Å²) >= 11 is 0. The molecule has 0 saturated carbocycles. The second-order valence-corrected chi connectivity index (χ2v) is 4.32. The second-order valence-electron chi connectivity index (χ2n) is 4.32. The van der Waals surface area contributed by atoms with Gasteiger partial charge in [-0.2, -0.15) is 0 Å². The van der Waals surface area contributed by atoms with E-state index in [1.165, 1.54) is 0 Å². The van der Waals surface area contributed by atoms with Crippen molar-refractivity contribution in [3.63, 3.8) is 0 Å². The van der Waals surface area contributed by atoms with Crippen LogP contribution in [0.3, 0.4) is 0 Å². The van der Waals surface area contributed by atoms with Crippen LogP contribution in [0, 0.1) is 11.3 Å². The van der Waals surface area contributed by atoms with Gasteiger partial charge in [-0.05, 0) is 13.0 Å². The lowest BCUT2D eigenvalue weighted by atomic mass is 9.65. The van der Waals surface area contributed by atoms with Crippen molar-refractivity contribution in [2.24, 2.45) is 11.3 Å². The molecule has 3 aliphatic rings. The Balaban J connectivity index is 2.05. The van der Waals surface area contributed by atoms with Crippen molar-refractivity contribution >= 4 is 5.97 Å². The van der Waals surface area contributed by atoms with Gasteiger partial charge in [0.1, 0.15) is 5.41 Å². The maximum Gasteiger partial charge on any atom is 0.314 e. The van der Waals surface area contributed by atoms with Crippen LogP contribution < -0.4 is 5.32 Å². The fraction of sp³-hybridized carbons (Fsp3) is 0.700. The number of hydrogen-bond donors (Lipinski definition) is 2. The van der Waals surface area contributed by atoms with Crippen LogP contribution in [0.15, 0.2) is 12.2 Å². The van der Waals surface area contributed by atoms with Gasteiger partial charge >= 0.3 is 5.97 Å². The largest absolute Gasteiger partial charge is 0.481 e. The molecule has 0 radical (unpaired) electrons. The molecule has 4 nitrogen and oxygen atoms in total. The molecule has 0 aromatic heterocycles. The van der Waals surface area contributed by atoms with Crippen LogP contribution >= 0.6 is 0 Å². The number of carboxylic acids is 1. The first-order valence-corrected chi connectivity index (χ1v) is 5.03. The zero-order valence-corrected chi connectivity index (χ0v) is 7.77. The minimum absolute atomic E-state index is 0.0400. The topological polar surface area (TPSA) is 58.6 Å². The highest BCUT2D eigenvalue weighted by atomic mass is 16.5. The SMILES string of the molecule is O=C(O)C12CNCCC1C1C=CC2O1. The minimum atomic E-state index is -0.716. The first-order valence-electron chi connectivity index (χ1n) is 5.03. The fourth-order valence-electron chi connectivity index (χ4n) is 3.06. The summed E-state index contributed by atoms with van der Waals surface area (Å²) in [7, 11) is 0. The smallest absolute Gasteiger partial charge is 0.314 e. The molecule has 3 aliphatic heterocycles. The van der Waals surface area contributed by atoms with E-state index in [0.717, 1.165) is 13.0 Å². The third-order valence-electron chi connectivity index (χ3n) is 3.79. The van der Waals surface area contributed by atoms with Gasteiger partial charge in [-0.15, -0.1) is 0 Å². The van der Waals surface area contributed by atoms with Crippen LogP contribution in [0.25, 0.3) is 0 Å². The van der Waals surface area contributed by atoms with Gasteiger partial charge in [-0.25, -0.2) is 0 Å². The molecule has 0 amide bonds. The lowest BCUT2D eigenvalue weighted by Crippen LogP contribution is -2.55. The number of piperidine rings is 1. The van der Waals surface area contributed by atoms with E-state index in [2.05, 4.69) is 5.32 Å². The van der Waals surface area contributed by atoms with E-state index in [1.807, 2.05) is 12.2 Å². The van der Waals surface area contributed by atoms with Gasteiger partial charge in [-0.3, -0.25) is 4.79 Å². The number of carboxylic acid groups (broad SMARTS) is 1. The van der Waals surface area contributed by atoms with Crippen LogP contribution in [0.1, 0.15) is 6.42 Å². The molecule has 14 heavy (non-hydrogen) atoms. The summed E-state index contributed by atoms with van der Waals surface area (Å²) in [6.07, 6.45) is 4.64. The van der Waals surface area contributed by atoms with Crippen molar-refractivity contribution in [2.75, 3.05) is 13.1 Å². The predicted molar refractivity (Wildman–Crippen MR) is 48.8 cm³/mol. The van der Waals surface area contributed by atoms with Gasteiger partial charge in [0, 0.05) is 12.5 Å². The van der Waals surface area contributed by atoms with E-state index in [4.69, 9.17) is 4.74 Å². The molecule has 0 aromatic carbocycles. The van der Waals surface area contributed by atoms with Crippen LogP contribution in [0.4, 0.5) is 0 Å². The minimum Gasteiger partial charge on any atom is -0.481 e. The Labute approximate surface area is 81.9 Å². The molecular weight excluding hydrogens is 182 g/mol. The Kier molecular flexibility index (Phi) is 1.56. The van der Waals surface area contributed by atoms with Crippen molar-refractivity contribution in [1.82, 2.24) is 5.32 Å². The second kappa shape index (κ2) is 2.58. The van der Waals surface area contributed by atoms with E-state index >= 15 is 0 Å². The van der Waals surface area contributed by atoms with E-state index in [9.17, 15) is 9.90 Å². The summed E-state index contributed by atoms with van der Waals surface area (Å²) in [6, 6.07) is 0. The lowest BCUT2D eigenvalue weighted by Gasteiger charge is -2.39. The van der Waals surface area contributed by atoms with Crippen LogP contribution in [-0.2, 0) is 9.53 Å². The van der Waals surface area contributed by atoms with Gasteiger partial charge in [-0.1, -0.05) is 12.2 Å². The molecule has 2 saturated heterocycles. The van der Waals surface area contributed by atoms with Crippen molar-refractivity contribution in [3.05, 3.63) is 12.2 Å². The Morgan fingerprint density at radius 2 is 2.43 bits per heavy atom. The first kappa shape index (κ1) is 8.44. The van der Waals surface area contributed by atoms with Crippen LogP contribution in [0.2, 0.25) is 0 Å². The maximum absolute atomic E-state index is 11.4. The number of carbonyl (C=O) groups is 1. The van der Waals surface area contributed by atoms with Crippen LogP contribution in [0.5, 0.6) is 0 Å². The van der Waals surface area contributed by atoms with Gasteiger partial charge in [0.15, 0.2) is 0 Å². The van der Waals surface area contributed by atoms with Gasteiger partial charge in [0.25, 0.3) is 0 Å². The molecule has 3 rings (SSSR count). The summed E-state index contributed by atoms with van der Waals surface area (Å²) in [5, 5.41) is 12.5. The van der Waals surface area contributed by atoms with Crippen molar-refractivity contribution in [2.45, 2.75) is 18.6 Å². The molecule has 2 fully saturated rings. The molecule has 0 aliphatic carbocycles. The highest BCUT2D eigenvalue weighted by Gasteiger charge is 2.62. The number of fused-ring (bicyclic) bond motifs is 5. The van der Waals surface area contributed by atoms with E-state index < -0.39 is 11.4 Å². The number of aliphatic carboxylic acids is 1. The normalized spacial score (nSPS) is 49.3. The Hall–Kier alpha value is -0.870. The maximum atomic E-state index is 11.4. The van der Waals surface area contributed by atoms with Gasteiger partial charge in [0.05, 0.1) is 12.2 Å². The van der Waals surface area contributed by atoms with Crippen molar-refractivity contribution < 1.29 is 14.6 Å². The number of rotatable bonds is 1. The molecule has 4 unspecified atom stereocenters. The Bertz CT molecular complexity index is 314. The molecule has 0 spiro atoms. The molecule has 2 N–H and O–H groups in total. The quantitative estimate of drug-likeness (QED) is 0.578. The number of nitrogens with one attached hydrogen (secondary N) is 1. The zero-order valence-electron chi connectivity index (χ0n) is 7.77. The van der Waals surface area contributed by atoms with Crippen LogP contribution in [-0.4, -0.2) is 36.4 Å². The van der Waals surface area contributed by atoms with Gasteiger partial charge < -0.3 is 15.2 Å². The van der Waals surface area contributed by atoms with Gasteiger partial charge in [0.2, 0.25) is 0 Å². The molecule has 2 bridgehead atoms. The monoisotopic (exact) mass is 195 g/mol. The highest BCUT2D eigenvalue weighted by Crippen LogP contribution is 2.51. The standard InChI is InChI=1S/C10H13NO3/c12-9(13)10-5-11-4-3-6(10)7-1-2-8(10)14-7/h1-2,6-8,11H,3-5H2,(H,12,13). The van der Waals surface area contributed by atoms with Crippen molar-refractivity contribution in [1.29, 1.82) is 0 Å². The Morgan fingerprint density at radius 1 is 1.57 bits per heavy atom. The summed E-state index contributed by atoms with van der Waals surface area (Å²) < 4.78 is 5.65. The summed E-state index contributed by atoms with van der Waals surface area (Å²) in [4.78, 5) is 11.4. The molecule has 3 heterocycles. The zero-order chi connectivity index (χ0) is 9.76. The molecule has 76 valence electrons.